The van der Waals surface area contributed by atoms with Crippen LogP contribution in [0.5, 0.6) is 0 Å². The number of amides is 1. The summed E-state index contributed by atoms with van der Waals surface area (Å²) in [6.45, 7) is 2.81. The van der Waals surface area contributed by atoms with Crippen LogP contribution in [0.25, 0.3) is 0 Å². The summed E-state index contributed by atoms with van der Waals surface area (Å²) in [5.41, 5.74) is 3.12. The Balaban J connectivity index is 1.26. The Morgan fingerprint density at radius 1 is 1.00 bits per heavy atom. The van der Waals surface area contributed by atoms with Crippen molar-refractivity contribution in [1.82, 2.24) is 14.8 Å². The van der Waals surface area contributed by atoms with Crippen molar-refractivity contribution in [3.05, 3.63) is 65.5 Å². The summed E-state index contributed by atoms with van der Waals surface area (Å²) in [5.74, 6) is 0.0842. The highest BCUT2D eigenvalue weighted by atomic mass is 16.2. The number of piperidine rings is 1. The number of likely N-dealkylation sites (tertiary alicyclic amines) is 2. The molecule has 160 valence electrons. The maximum Gasteiger partial charge on any atom is 0.253 e. The molecule has 1 aliphatic carbocycles. The van der Waals surface area contributed by atoms with Gasteiger partial charge in [-0.3, -0.25) is 14.7 Å². The largest absolute Gasteiger partial charge is 0.339 e. The molecule has 1 unspecified atom stereocenters. The van der Waals surface area contributed by atoms with E-state index in [-0.39, 0.29) is 5.91 Å². The van der Waals surface area contributed by atoms with Crippen molar-refractivity contribution in [2.75, 3.05) is 19.6 Å². The third-order valence-electron chi connectivity index (χ3n) is 7.76. The SMILES string of the molecule is N#Cc1ccc(C(=O)N2CCC(N3CC4(CCCCC4)C3c3ccncc3)CC2)cc1. The first-order valence-corrected chi connectivity index (χ1v) is 11.7. The molecule has 0 radical (unpaired) electrons. The van der Waals surface area contributed by atoms with E-state index >= 15 is 0 Å². The third kappa shape index (κ3) is 3.74. The number of benzene rings is 1. The standard InChI is InChI=1S/C26H30N4O/c27-18-20-4-6-22(7-5-20)25(31)29-16-10-23(11-17-29)30-19-26(12-2-1-3-13-26)24(30)21-8-14-28-15-9-21/h4-9,14-15,23-24H,1-3,10-13,16-17,19H2. The Hall–Kier alpha value is -2.71. The summed E-state index contributed by atoms with van der Waals surface area (Å²) < 4.78 is 0. The van der Waals surface area contributed by atoms with Crippen LogP contribution in [0, 0.1) is 16.7 Å². The fourth-order valence-electron chi connectivity index (χ4n) is 6.17. The zero-order valence-electron chi connectivity index (χ0n) is 18.0. The predicted octanol–water partition coefficient (Wildman–Crippen LogP) is 4.57. The van der Waals surface area contributed by atoms with Gasteiger partial charge in [0.2, 0.25) is 0 Å². The molecule has 0 N–H and O–H groups in total. The van der Waals surface area contributed by atoms with Gasteiger partial charge in [0.25, 0.3) is 5.91 Å². The molecule has 1 spiro atoms. The summed E-state index contributed by atoms with van der Waals surface area (Å²) in [7, 11) is 0. The molecule has 2 aromatic rings. The average Bonchev–Trinajstić information content (AvgIpc) is 2.84. The van der Waals surface area contributed by atoms with Gasteiger partial charge in [-0.1, -0.05) is 19.3 Å². The molecular formula is C26H30N4O. The van der Waals surface area contributed by atoms with E-state index in [9.17, 15) is 4.79 Å². The topological polar surface area (TPSA) is 60.2 Å². The number of aromatic nitrogens is 1. The third-order valence-corrected chi connectivity index (χ3v) is 7.76. The van der Waals surface area contributed by atoms with Crippen LogP contribution < -0.4 is 0 Å². The van der Waals surface area contributed by atoms with Crippen LogP contribution in [0.15, 0.2) is 48.8 Å². The highest BCUT2D eigenvalue weighted by molar-refractivity contribution is 5.94. The summed E-state index contributed by atoms with van der Waals surface area (Å²) in [5, 5.41) is 8.97. The first-order valence-electron chi connectivity index (χ1n) is 11.7. The van der Waals surface area contributed by atoms with Crippen molar-refractivity contribution in [2.24, 2.45) is 5.41 Å². The molecular weight excluding hydrogens is 384 g/mol. The lowest BCUT2D eigenvalue weighted by atomic mass is 9.60. The number of carbonyl (C=O) groups is 1. The summed E-state index contributed by atoms with van der Waals surface area (Å²) in [6, 6.07) is 14.6. The van der Waals surface area contributed by atoms with E-state index in [0.29, 0.717) is 28.6 Å². The molecule has 2 aliphatic heterocycles. The predicted molar refractivity (Wildman–Crippen MR) is 119 cm³/mol. The van der Waals surface area contributed by atoms with Crippen molar-refractivity contribution in [2.45, 2.75) is 57.0 Å². The fraction of sp³-hybridized carbons (Fsp3) is 0.500. The van der Waals surface area contributed by atoms with Crippen molar-refractivity contribution >= 4 is 5.91 Å². The first kappa shape index (κ1) is 20.2. The van der Waals surface area contributed by atoms with Crippen LogP contribution in [0.3, 0.4) is 0 Å². The zero-order chi connectivity index (χ0) is 21.3. The molecule has 1 aromatic heterocycles. The van der Waals surface area contributed by atoms with Gasteiger partial charge in [-0.25, -0.2) is 0 Å². The van der Waals surface area contributed by atoms with Crippen LogP contribution in [-0.2, 0) is 0 Å². The second-order valence-corrected chi connectivity index (χ2v) is 9.49. The van der Waals surface area contributed by atoms with Crippen LogP contribution in [-0.4, -0.2) is 46.4 Å². The van der Waals surface area contributed by atoms with Gasteiger partial charge < -0.3 is 4.90 Å². The lowest BCUT2D eigenvalue weighted by Gasteiger charge is -2.63. The molecule has 5 heteroatoms. The number of rotatable bonds is 3. The lowest BCUT2D eigenvalue weighted by Crippen LogP contribution is -2.63. The number of nitriles is 1. The van der Waals surface area contributed by atoms with Gasteiger partial charge in [-0.2, -0.15) is 5.26 Å². The van der Waals surface area contributed by atoms with E-state index < -0.39 is 0 Å². The van der Waals surface area contributed by atoms with E-state index in [1.54, 1.807) is 24.3 Å². The van der Waals surface area contributed by atoms with E-state index in [2.05, 4.69) is 28.1 Å². The minimum Gasteiger partial charge on any atom is -0.339 e. The number of carbonyl (C=O) groups excluding carboxylic acids is 1. The first-order chi connectivity index (χ1) is 15.2. The van der Waals surface area contributed by atoms with E-state index in [1.165, 1.54) is 44.2 Å². The van der Waals surface area contributed by atoms with Gasteiger partial charge in [0.1, 0.15) is 0 Å². The molecule has 0 bridgehead atoms. The molecule has 5 nitrogen and oxygen atoms in total. The Kier molecular flexibility index (Phi) is 5.50. The van der Waals surface area contributed by atoms with Gasteiger partial charge in [0, 0.05) is 55.1 Å². The molecule has 3 fully saturated rings. The van der Waals surface area contributed by atoms with Crippen LogP contribution in [0.2, 0.25) is 0 Å². The van der Waals surface area contributed by atoms with Crippen LogP contribution >= 0.6 is 0 Å². The Bertz CT molecular complexity index is 951. The summed E-state index contributed by atoms with van der Waals surface area (Å²) in [4.78, 5) is 21.9. The number of hydrogen-bond acceptors (Lipinski definition) is 4. The smallest absolute Gasteiger partial charge is 0.253 e. The summed E-state index contributed by atoms with van der Waals surface area (Å²) >= 11 is 0. The number of nitrogens with zero attached hydrogens (tertiary/aromatic N) is 4. The van der Waals surface area contributed by atoms with Gasteiger partial charge in [0.15, 0.2) is 0 Å². The minimum absolute atomic E-state index is 0.0842. The van der Waals surface area contributed by atoms with E-state index in [1.807, 2.05) is 17.3 Å². The molecule has 1 saturated carbocycles. The molecule has 3 heterocycles. The monoisotopic (exact) mass is 414 g/mol. The molecule has 2 saturated heterocycles. The maximum absolute atomic E-state index is 12.9. The van der Waals surface area contributed by atoms with Crippen LogP contribution in [0.4, 0.5) is 0 Å². The Morgan fingerprint density at radius 3 is 2.32 bits per heavy atom. The normalized spacial score (nSPS) is 23.8. The second kappa shape index (κ2) is 8.43. The number of hydrogen-bond donors (Lipinski definition) is 0. The fourth-order valence-corrected chi connectivity index (χ4v) is 6.17. The summed E-state index contributed by atoms with van der Waals surface area (Å²) in [6.07, 6.45) is 12.7. The van der Waals surface area contributed by atoms with Crippen molar-refractivity contribution in [3.8, 4) is 6.07 Å². The number of pyridine rings is 1. The highest BCUT2D eigenvalue weighted by Gasteiger charge is 2.55. The molecule has 5 rings (SSSR count). The Morgan fingerprint density at radius 2 is 1.68 bits per heavy atom. The lowest BCUT2D eigenvalue weighted by molar-refractivity contribution is -0.132. The van der Waals surface area contributed by atoms with Gasteiger partial charge in [-0.15, -0.1) is 0 Å². The average molecular weight is 415 g/mol. The maximum atomic E-state index is 12.9. The van der Waals surface area contributed by atoms with Crippen molar-refractivity contribution in [1.29, 1.82) is 5.26 Å². The molecule has 3 aliphatic rings. The quantitative estimate of drug-likeness (QED) is 0.738. The van der Waals surface area contributed by atoms with Gasteiger partial charge >= 0.3 is 0 Å². The molecule has 1 aromatic carbocycles. The van der Waals surface area contributed by atoms with E-state index in [0.717, 1.165) is 25.9 Å². The zero-order valence-corrected chi connectivity index (χ0v) is 18.0. The van der Waals surface area contributed by atoms with Crippen molar-refractivity contribution < 1.29 is 4.79 Å². The van der Waals surface area contributed by atoms with Gasteiger partial charge in [0.05, 0.1) is 11.6 Å². The second-order valence-electron chi connectivity index (χ2n) is 9.49. The Labute approximate surface area is 184 Å². The van der Waals surface area contributed by atoms with Gasteiger partial charge in [-0.05, 0) is 67.6 Å². The van der Waals surface area contributed by atoms with E-state index in [4.69, 9.17) is 5.26 Å². The molecule has 31 heavy (non-hydrogen) atoms. The molecule has 1 atom stereocenters. The molecule has 1 amide bonds. The van der Waals surface area contributed by atoms with Crippen LogP contribution in [0.1, 0.15) is 72.5 Å². The highest BCUT2D eigenvalue weighted by Crippen LogP contribution is 2.58. The van der Waals surface area contributed by atoms with Crippen molar-refractivity contribution in [3.63, 3.8) is 0 Å². The minimum atomic E-state index is 0.0842.